The van der Waals surface area contributed by atoms with Crippen molar-refractivity contribution in [2.24, 2.45) is 0 Å². The van der Waals surface area contributed by atoms with Crippen molar-refractivity contribution in [1.82, 2.24) is 15.5 Å². The largest absolute Gasteiger partial charge is 0.458 e. The normalized spacial score (nSPS) is 13.6. The average Bonchev–Trinajstić information content (AvgIpc) is 2.93. The number of aliphatic hydroxyl groups excluding tert-OH is 1. The fourth-order valence-corrected chi connectivity index (χ4v) is 5.04. The number of rotatable bonds is 14. The van der Waals surface area contributed by atoms with Gasteiger partial charge in [-0.15, -0.1) is 0 Å². The van der Waals surface area contributed by atoms with E-state index in [0.717, 1.165) is 29.5 Å². The number of hydrogen-bond donors (Lipinski definition) is 3. The second-order valence-electron chi connectivity index (χ2n) is 13.7. The number of nitrogens with one attached hydrogen (secondary N) is 2. The minimum absolute atomic E-state index is 0.167. The Morgan fingerprint density at radius 3 is 1.93 bits per heavy atom. The van der Waals surface area contributed by atoms with Crippen LogP contribution in [0.1, 0.15) is 96.0 Å². The Hall–Kier alpha value is -3.92. The molecule has 0 saturated carbocycles. The van der Waals surface area contributed by atoms with Gasteiger partial charge in [0.15, 0.2) is 0 Å². The maximum absolute atomic E-state index is 14.4. The van der Waals surface area contributed by atoms with E-state index in [1.54, 1.807) is 41.5 Å². The zero-order valence-electron chi connectivity index (χ0n) is 28.9. The van der Waals surface area contributed by atoms with Crippen LogP contribution in [0.25, 0.3) is 0 Å². The van der Waals surface area contributed by atoms with Gasteiger partial charge in [-0.1, -0.05) is 79.4 Å². The molecule has 2 aromatic rings. The Morgan fingerprint density at radius 2 is 1.41 bits per heavy atom. The van der Waals surface area contributed by atoms with Crippen molar-refractivity contribution in [3.63, 3.8) is 0 Å². The van der Waals surface area contributed by atoms with Crippen molar-refractivity contribution < 1.29 is 33.8 Å². The molecule has 0 spiro atoms. The molecule has 0 aliphatic rings. The van der Waals surface area contributed by atoms with Crippen molar-refractivity contribution in [1.29, 1.82) is 0 Å². The summed E-state index contributed by atoms with van der Waals surface area (Å²) in [5.74, 6) is -1.84. The Labute approximate surface area is 274 Å². The van der Waals surface area contributed by atoms with E-state index >= 15 is 0 Å². The highest BCUT2D eigenvalue weighted by atomic mass is 16.6. The number of nitrogens with zero attached hydrogens (tertiary/aromatic N) is 1. The summed E-state index contributed by atoms with van der Waals surface area (Å²) in [5.41, 5.74) is 1.49. The highest BCUT2D eigenvalue weighted by Crippen LogP contribution is 2.26. The molecule has 0 aliphatic heterocycles. The molecule has 10 nitrogen and oxygen atoms in total. The van der Waals surface area contributed by atoms with Crippen LogP contribution >= 0.6 is 0 Å². The predicted molar refractivity (Wildman–Crippen MR) is 178 cm³/mol. The van der Waals surface area contributed by atoms with Gasteiger partial charge in [0.25, 0.3) is 0 Å². The minimum Gasteiger partial charge on any atom is -0.458 e. The SMILES string of the molecule is CCCCCN(C(=O)C(CO)NC(=O)OC(C)(C)C)C(C(=O)NC(Cc1ccccc1)C(=O)OC(C)(C)C)c1cc(C)cc(C)c1. The number of carbonyl (C=O) groups excluding carboxylic acids is 4. The van der Waals surface area contributed by atoms with Gasteiger partial charge in [-0.3, -0.25) is 9.59 Å². The summed E-state index contributed by atoms with van der Waals surface area (Å²) in [6.07, 6.45) is 1.52. The zero-order valence-corrected chi connectivity index (χ0v) is 28.9. The molecule has 46 heavy (non-hydrogen) atoms. The topological polar surface area (TPSA) is 134 Å². The van der Waals surface area contributed by atoms with Crippen molar-refractivity contribution in [2.75, 3.05) is 13.2 Å². The van der Waals surface area contributed by atoms with Crippen LogP contribution in [0.2, 0.25) is 0 Å². The first-order chi connectivity index (χ1) is 21.4. The molecule has 3 unspecified atom stereocenters. The summed E-state index contributed by atoms with van der Waals surface area (Å²) < 4.78 is 11.0. The Balaban J connectivity index is 2.61. The first-order valence-corrected chi connectivity index (χ1v) is 16.0. The summed E-state index contributed by atoms with van der Waals surface area (Å²) >= 11 is 0. The second kappa shape index (κ2) is 17.1. The summed E-state index contributed by atoms with van der Waals surface area (Å²) in [6, 6.07) is 11.3. The minimum atomic E-state index is -1.37. The van der Waals surface area contributed by atoms with Crippen molar-refractivity contribution in [3.8, 4) is 0 Å². The maximum Gasteiger partial charge on any atom is 0.408 e. The van der Waals surface area contributed by atoms with Gasteiger partial charge in [-0.2, -0.15) is 0 Å². The zero-order chi connectivity index (χ0) is 34.7. The molecule has 10 heteroatoms. The number of amides is 3. The lowest BCUT2D eigenvalue weighted by molar-refractivity contribution is -0.159. The monoisotopic (exact) mass is 639 g/mol. The number of aryl methyl sites for hydroxylation is 2. The molecule has 0 saturated heterocycles. The van der Waals surface area contributed by atoms with Crippen LogP contribution in [0.3, 0.4) is 0 Å². The Kier molecular flexibility index (Phi) is 14.2. The van der Waals surface area contributed by atoms with Crippen molar-refractivity contribution >= 4 is 23.9 Å². The number of ether oxygens (including phenoxy) is 2. The van der Waals surface area contributed by atoms with E-state index in [0.29, 0.717) is 12.0 Å². The Bertz CT molecular complexity index is 1290. The van der Waals surface area contributed by atoms with Crippen LogP contribution in [-0.4, -0.2) is 70.3 Å². The van der Waals surface area contributed by atoms with Gasteiger partial charge in [-0.05, 0) is 72.9 Å². The molecular weight excluding hydrogens is 586 g/mol. The molecule has 0 bridgehead atoms. The van der Waals surface area contributed by atoms with Gasteiger partial charge in [0.05, 0.1) is 6.61 Å². The number of alkyl carbamates (subject to hydrolysis) is 1. The third kappa shape index (κ3) is 12.8. The molecule has 3 N–H and O–H groups in total. The van der Waals surface area contributed by atoms with Gasteiger partial charge < -0.3 is 30.1 Å². The third-order valence-electron chi connectivity index (χ3n) is 6.87. The molecule has 0 aromatic heterocycles. The molecule has 3 amide bonds. The van der Waals surface area contributed by atoms with Gasteiger partial charge in [0, 0.05) is 13.0 Å². The number of esters is 1. The Morgan fingerprint density at radius 1 is 0.826 bits per heavy atom. The van der Waals surface area contributed by atoms with Crippen LogP contribution < -0.4 is 10.6 Å². The summed E-state index contributed by atoms with van der Waals surface area (Å²) in [6.45, 7) is 15.6. The van der Waals surface area contributed by atoms with Crippen molar-refractivity contribution in [3.05, 3.63) is 70.8 Å². The van der Waals surface area contributed by atoms with Crippen LogP contribution in [0.4, 0.5) is 4.79 Å². The maximum atomic E-state index is 14.4. The lowest BCUT2D eigenvalue weighted by atomic mass is 9.97. The molecule has 2 rings (SSSR count). The van der Waals surface area contributed by atoms with E-state index in [4.69, 9.17) is 9.47 Å². The van der Waals surface area contributed by atoms with Crippen LogP contribution in [0.5, 0.6) is 0 Å². The first kappa shape index (κ1) is 38.3. The van der Waals surface area contributed by atoms with Crippen molar-refractivity contribution in [2.45, 2.75) is 117 Å². The fraction of sp³-hybridized carbons (Fsp3) is 0.556. The van der Waals surface area contributed by atoms with Crippen LogP contribution in [0.15, 0.2) is 48.5 Å². The molecule has 2 aromatic carbocycles. The molecule has 0 radical (unpaired) electrons. The van der Waals surface area contributed by atoms with Crippen LogP contribution in [0, 0.1) is 13.8 Å². The standard InChI is InChI=1S/C36H53N3O7/c1-10-11-15-18-39(32(42)29(23-40)38-34(44)46-36(7,8)9)30(27-20-24(2)19-25(3)21-27)31(41)37-28(33(43)45-35(4,5)6)22-26-16-13-12-14-17-26/h12-14,16-17,19-21,28-30,40H,10-11,15,18,22-23H2,1-9H3,(H,37,41)(H,38,44). The second-order valence-corrected chi connectivity index (χ2v) is 13.7. The van der Waals surface area contributed by atoms with Crippen LogP contribution in [-0.2, 0) is 30.3 Å². The third-order valence-corrected chi connectivity index (χ3v) is 6.87. The van der Waals surface area contributed by atoms with Gasteiger partial charge >= 0.3 is 12.1 Å². The fourth-order valence-electron chi connectivity index (χ4n) is 5.04. The predicted octanol–water partition coefficient (Wildman–Crippen LogP) is 5.32. The first-order valence-electron chi connectivity index (χ1n) is 16.0. The molecule has 254 valence electrons. The van der Waals surface area contributed by atoms with E-state index in [2.05, 4.69) is 10.6 Å². The van der Waals surface area contributed by atoms with E-state index < -0.39 is 59.8 Å². The number of benzene rings is 2. The molecule has 0 aliphatic carbocycles. The van der Waals surface area contributed by atoms with E-state index in [9.17, 15) is 24.3 Å². The number of unbranched alkanes of at least 4 members (excludes halogenated alkanes) is 2. The molecule has 3 atom stereocenters. The smallest absolute Gasteiger partial charge is 0.408 e. The quantitative estimate of drug-likeness (QED) is 0.188. The van der Waals surface area contributed by atoms with E-state index in [1.165, 1.54) is 4.90 Å². The lowest BCUT2D eigenvalue weighted by Crippen LogP contribution is -2.56. The van der Waals surface area contributed by atoms with E-state index in [-0.39, 0.29) is 13.0 Å². The van der Waals surface area contributed by atoms with E-state index in [1.807, 2.05) is 69.3 Å². The number of carbonyl (C=O) groups is 4. The average molecular weight is 640 g/mol. The van der Waals surface area contributed by atoms with Gasteiger partial charge in [0.2, 0.25) is 11.8 Å². The highest BCUT2D eigenvalue weighted by molar-refractivity contribution is 5.94. The lowest BCUT2D eigenvalue weighted by Gasteiger charge is -2.35. The van der Waals surface area contributed by atoms with Gasteiger partial charge in [0.1, 0.15) is 29.3 Å². The summed E-state index contributed by atoms with van der Waals surface area (Å²) in [7, 11) is 0. The molecule has 0 fully saturated rings. The summed E-state index contributed by atoms with van der Waals surface area (Å²) in [5, 5.41) is 15.6. The molecular formula is C36H53N3O7. The van der Waals surface area contributed by atoms with Gasteiger partial charge in [-0.25, -0.2) is 9.59 Å². The number of aliphatic hydroxyl groups is 1. The highest BCUT2D eigenvalue weighted by Gasteiger charge is 2.38. The number of hydrogen-bond acceptors (Lipinski definition) is 7. The molecule has 0 heterocycles. The summed E-state index contributed by atoms with van der Waals surface area (Å²) in [4.78, 5) is 56.1.